The SMILES string of the molecule is COC(=O)[C@]1(C)CCC[C@]2(C)[C@@H]3C[C@H]4C(C(C)C)=C[C@@]3(CC[C@@H]21)[C@H]1C(=O)C(Cl)=CC(=O)[C@@H]41. The van der Waals surface area contributed by atoms with E-state index in [9.17, 15) is 14.4 Å². The van der Waals surface area contributed by atoms with Crippen molar-refractivity contribution in [1.29, 1.82) is 0 Å². The molecule has 3 fully saturated rings. The van der Waals surface area contributed by atoms with Crippen LogP contribution >= 0.6 is 11.6 Å². The number of Topliss-reactive ketones (excluding diaryl/α,β-unsaturated/α-hetero) is 1. The molecule has 8 atom stereocenters. The second kappa shape index (κ2) is 7.04. The Hall–Kier alpha value is -1.42. The van der Waals surface area contributed by atoms with Gasteiger partial charge >= 0.3 is 5.97 Å². The van der Waals surface area contributed by atoms with Gasteiger partial charge in [-0.25, -0.2) is 0 Å². The van der Waals surface area contributed by atoms with E-state index in [-0.39, 0.29) is 63.0 Å². The summed E-state index contributed by atoms with van der Waals surface area (Å²) in [6.45, 7) is 8.85. The quantitative estimate of drug-likeness (QED) is 0.405. The number of ketones is 2. The third-order valence-corrected chi connectivity index (χ3v) is 10.7. The average molecular weight is 459 g/mol. The Morgan fingerprint density at radius 1 is 1.16 bits per heavy atom. The number of methoxy groups -OCH3 is 1. The molecule has 0 N–H and O–H groups in total. The van der Waals surface area contributed by atoms with E-state index in [1.807, 2.05) is 0 Å². The lowest BCUT2D eigenvalue weighted by Gasteiger charge is -2.69. The van der Waals surface area contributed by atoms with Gasteiger partial charge in [-0.2, -0.15) is 0 Å². The van der Waals surface area contributed by atoms with Crippen LogP contribution in [0, 0.1) is 51.8 Å². The highest BCUT2D eigenvalue weighted by Gasteiger charge is 2.71. The van der Waals surface area contributed by atoms with Crippen LogP contribution < -0.4 is 0 Å². The molecule has 0 heterocycles. The van der Waals surface area contributed by atoms with E-state index in [0.717, 1.165) is 38.5 Å². The summed E-state index contributed by atoms with van der Waals surface area (Å²) in [6, 6.07) is 0. The van der Waals surface area contributed by atoms with Crippen molar-refractivity contribution >= 4 is 29.1 Å². The van der Waals surface area contributed by atoms with Crippen LogP contribution in [-0.4, -0.2) is 24.6 Å². The number of hydrogen-bond acceptors (Lipinski definition) is 4. The van der Waals surface area contributed by atoms with Gasteiger partial charge in [0.2, 0.25) is 0 Å². The zero-order chi connectivity index (χ0) is 23.2. The number of carbonyl (C=O) groups excluding carboxylic acids is 3. The van der Waals surface area contributed by atoms with Crippen molar-refractivity contribution in [3.63, 3.8) is 0 Å². The smallest absolute Gasteiger partial charge is 0.311 e. The Kier molecular flexibility index (Phi) is 4.92. The molecular formula is C27H35ClO4. The van der Waals surface area contributed by atoms with Crippen molar-refractivity contribution in [3.8, 4) is 0 Å². The number of hydrogen-bond donors (Lipinski definition) is 0. The molecule has 5 heteroatoms. The first-order chi connectivity index (χ1) is 15.0. The number of halogens is 1. The van der Waals surface area contributed by atoms with Crippen molar-refractivity contribution in [2.45, 2.75) is 66.2 Å². The molecule has 0 amide bonds. The Bertz CT molecular complexity index is 963. The van der Waals surface area contributed by atoms with Crippen LogP contribution in [0.4, 0.5) is 0 Å². The number of esters is 1. The lowest BCUT2D eigenvalue weighted by Crippen LogP contribution is -2.67. The molecule has 0 aromatic rings. The van der Waals surface area contributed by atoms with Crippen LogP contribution in [0.25, 0.3) is 0 Å². The number of rotatable bonds is 2. The van der Waals surface area contributed by atoms with E-state index < -0.39 is 5.41 Å². The third kappa shape index (κ3) is 2.59. The lowest BCUT2D eigenvalue weighted by molar-refractivity contribution is -0.199. The lowest BCUT2D eigenvalue weighted by atomic mass is 9.33. The highest BCUT2D eigenvalue weighted by atomic mass is 35.5. The van der Waals surface area contributed by atoms with Gasteiger partial charge in [0.15, 0.2) is 11.6 Å². The van der Waals surface area contributed by atoms with Crippen LogP contribution in [0.1, 0.15) is 66.2 Å². The highest BCUT2D eigenvalue weighted by Crippen LogP contribution is 2.74. The van der Waals surface area contributed by atoms with E-state index in [2.05, 4.69) is 33.8 Å². The maximum Gasteiger partial charge on any atom is 0.311 e. The van der Waals surface area contributed by atoms with Gasteiger partial charge in [-0.1, -0.05) is 50.4 Å². The molecule has 3 saturated carbocycles. The summed E-state index contributed by atoms with van der Waals surface area (Å²) in [5, 5.41) is 0.103. The Morgan fingerprint density at radius 2 is 1.88 bits per heavy atom. The zero-order valence-electron chi connectivity index (χ0n) is 19.9. The van der Waals surface area contributed by atoms with Gasteiger partial charge in [0.05, 0.1) is 17.6 Å². The monoisotopic (exact) mass is 458 g/mol. The van der Waals surface area contributed by atoms with Crippen molar-refractivity contribution < 1.29 is 19.1 Å². The summed E-state index contributed by atoms with van der Waals surface area (Å²) in [5.41, 5.74) is 0.440. The molecule has 1 spiro atoms. The van der Waals surface area contributed by atoms with E-state index >= 15 is 0 Å². The summed E-state index contributed by atoms with van der Waals surface area (Å²) < 4.78 is 5.29. The molecule has 6 aliphatic rings. The van der Waals surface area contributed by atoms with E-state index in [1.165, 1.54) is 18.8 Å². The molecule has 0 aliphatic heterocycles. The van der Waals surface area contributed by atoms with Crippen LogP contribution in [0.5, 0.6) is 0 Å². The first-order valence-corrected chi connectivity index (χ1v) is 12.7. The molecule has 0 unspecified atom stereocenters. The van der Waals surface area contributed by atoms with Gasteiger partial charge in [-0.05, 0) is 68.1 Å². The second-order valence-corrected chi connectivity index (χ2v) is 12.3. The van der Waals surface area contributed by atoms with Crippen LogP contribution in [0.2, 0.25) is 0 Å². The molecular weight excluding hydrogens is 424 g/mol. The summed E-state index contributed by atoms with van der Waals surface area (Å²) >= 11 is 6.33. The molecule has 6 aliphatic carbocycles. The van der Waals surface area contributed by atoms with E-state index in [4.69, 9.17) is 16.3 Å². The first kappa shape index (κ1) is 22.4. The van der Waals surface area contributed by atoms with Crippen molar-refractivity contribution in [2.75, 3.05) is 7.11 Å². The van der Waals surface area contributed by atoms with Gasteiger partial charge in [0.25, 0.3) is 0 Å². The molecule has 0 radical (unpaired) electrons. The van der Waals surface area contributed by atoms with Crippen molar-refractivity contribution in [3.05, 3.63) is 22.8 Å². The average Bonchev–Trinajstić information content (AvgIpc) is 2.75. The number of allylic oxidation sites excluding steroid dienone is 4. The zero-order valence-corrected chi connectivity index (χ0v) is 20.6. The van der Waals surface area contributed by atoms with Crippen LogP contribution in [0.15, 0.2) is 22.8 Å². The van der Waals surface area contributed by atoms with Gasteiger partial charge in [-0.3, -0.25) is 14.4 Å². The predicted octanol–water partition coefficient (Wildman–Crippen LogP) is 5.49. The second-order valence-electron chi connectivity index (χ2n) is 11.9. The maximum absolute atomic E-state index is 13.5. The first-order valence-electron chi connectivity index (χ1n) is 12.3. The van der Waals surface area contributed by atoms with E-state index in [0.29, 0.717) is 5.92 Å². The fourth-order valence-electron chi connectivity index (χ4n) is 9.29. The summed E-state index contributed by atoms with van der Waals surface area (Å²) in [7, 11) is 1.50. The molecule has 0 saturated heterocycles. The third-order valence-electron chi connectivity index (χ3n) is 10.4. The Morgan fingerprint density at radius 3 is 2.53 bits per heavy atom. The minimum Gasteiger partial charge on any atom is -0.469 e. The summed E-state index contributed by atoms with van der Waals surface area (Å²) in [6.07, 6.45) is 9.33. The highest BCUT2D eigenvalue weighted by molar-refractivity contribution is 6.45. The standard InChI is InChI=1S/C27H35ClO4/c1-14(2)16-13-27-10-7-19-25(3,8-6-9-26(19,4)24(31)32-5)20(27)11-15(16)21-18(29)12-17(28)23(30)22(21)27/h12-15,19-22H,6-11H2,1-5H3/t15-,19-,20-,21+,22+,25-,26+,27+/m0/s1. The molecule has 174 valence electrons. The fraction of sp³-hybridized carbons (Fsp3) is 0.741. The molecule has 2 bridgehead atoms. The van der Waals surface area contributed by atoms with Crippen LogP contribution in [0.3, 0.4) is 0 Å². The molecule has 0 aromatic heterocycles. The van der Waals surface area contributed by atoms with Gasteiger partial charge in [0, 0.05) is 23.3 Å². The topological polar surface area (TPSA) is 60.4 Å². The maximum atomic E-state index is 13.5. The van der Waals surface area contributed by atoms with E-state index in [1.54, 1.807) is 0 Å². The molecule has 4 nitrogen and oxygen atoms in total. The predicted molar refractivity (Wildman–Crippen MR) is 123 cm³/mol. The molecule has 0 aromatic carbocycles. The van der Waals surface area contributed by atoms with Crippen molar-refractivity contribution in [1.82, 2.24) is 0 Å². The molecule has 32 heavy (non-hydrogen) atoms. The van der Waals surface area contributed by atoms with Crippen LogP contribution in [-0.2, 0) is 19.1 Å². The largest absolute Gasteiger partial charge is 0.469 e. The normalized spacial score (nSPS) is 47.3. The van der Waals surface area contributed by atoms with Gasteiger partial charge in [0.1, 0.15) is 0 Å². The Balaban J connectivity index is 1.67. The number of carbonyl (C=O) groups is 3. The molecule has 6 rings (SSSR count). The summed E-state index contributed by atoms with van der Waals surface area (Å²) in [4.78, 5) is 39.7. The minimum atomic E-state index is -0.492. The van der Waals surface area contributed by atoms with Gasteiger partial charge < -0.3 is 4.74 Å². The van der Waals surface area contributed by atoms with Gasteiger partial charge in [-0.15, -0.1) is 0 Å². The number of fused-ring (bicyclic) bond motifs is 1. The van der Waals surface area contributed by atoms with Crippen molar-refractivity contribution in [2.24, 2.45) is 51.8 Å². The summed E-state index contributed by atoms with van der Waals surface area (Å²) in [5.74, 6) is 0.180. The fourth-order valence-corrected chi connectivity index (χ4v) is 9.52. The minimum absolute atomic E-state index is 0.0315. The Labute approximate surface area is 196 Å². The number of ether oxygens (including phenoxy) is 1.